The molecule has 0 aliphatic heterocycles. The number of para-hydroxylation sites is 1. The number of aromatic nitrogens is 3. The van der Waals surface area contributed by atoms with Gasteiger partial charge in [-0.2, -0.15) is 5.10 Å². The molecule has 0 aliphatic rings. The number of aryl methyl sites for hydroxylation is 1. The maximum Gasteiger partial charge on any atom is 0.174 e. The zero-order valence-electron chi connectivity index (χ0n) is 10.5. The van der Waals surface area contributed by atoms with Gasteiger partial charge in [-0.05, 0) is 13.0 Å². The fraction of sp³-hybridized carbons (Fsp3) is 0.214. The summed E-state index contributed by atoms with van der Waals surface area (Å²) in [6.45, 7) is 2.67. The average Bonchev–Trinajstić information content (AvgIpc) is 3.04. The highest BCUT2D eigenvalue weighted by Crippen LogP contribution is 2.21. The minimum atomic E-state index is -0.00681. The van der Waals surface area contributed by atoms with Crippen LogP contribution in [0.4, 0.5) is 0 Å². The lowest BCUT2D eigenvalue weighted by Gasteiger charge is -2.01. The second-order valence-electron chi connectivity index (χ2n) is 4.24. The third-order valence-corrected chi connectivity index (χ3v) is 3.10. The van der Waals surface area contributed by atoms with Crippen LogP contribution in [0.2, 0.25) is 0 Å². The molecule has 0 saturated carbocycles. The van der Waals surface area contributed by atoms with E-state index in [2.05, 4.69) is 10.1 Å². The second kappa shape index (κ2) is 4.68. The first-order valence-corrected chi connectivity index (χ1v) is 6.15. The maximum atomic E-state index is 12.3. The lowest BCUT2D eigenvalue weighted by molar-refractivity contribution is 0.0990. The Morgan fingerprint density at radius 2 is 2.21 bits per heavy atom. The number of hydrogen-bond acceptors (Lipinski definition) is 4. The number of hydrogen-bond donors (Lipinski definition) is 0. The van der Waals surface area contributed by atoms with Gasteiger partial charge in [-0.25, -0.2) is 9.67 Å². The molecule has 0 N–H and O–H groups in total. The third kappa shape index (κ3) is 2.03. The highest BCUT2D eigenvalue weighted by molar-refractivity contribution is 6.07. The summed E-state index contributed by atoms with van der Waals surface area (Å²) in [4.78, 5) is 16.4. The van der Waals surface area contributed by atoms with Crippen molar-refractivity contribution in [2.24, 2.45) is 0 Å². The fourth-order valence-electron chi connectivity index (χ4n) is 2.12. The summed E-state index contributed by atoms with van der Waals surface area (Å²) in [6, 6.07) is 7.51. The SMILES string of the molecule is CCn1ncnc1CC(=O)c1coc2ccccc12. The molecule has 1 aromatic carbocycles. The predicted molar refractivity (Wildman–Crippen MR) is 69.9 cm³/mol. The topological polar surface area (TPSA) is 60.9 Å². The lowest BCUT2D eigenvalue weighted by atomic mass is 10.1. The Morgan fingerprint density at radius 3 is 3.05 bits per heavy atom. The van der Waals surface area contributed by atoms with Crippen molar-refractivity contribution >= 4 is 16.8 Å². The van der Waals surface area contributed by atoms with E-state index < -0.39 is 0 Å². The summed E-state index contributed by atoms with van der Waals surface area (Å²) in [5, 5.41) is 4.90. The molecule has 0 aliphatic carbocycles. The molecular weight excluding hydrogens is 242 g/mol. The summed E-state index contributed by atoms with van der Waals surface area (Å²) in [5.41, 5.74) is 1.32. The number of nitrogens with zero attached hydrogens (tertiary/aromatic N) is 3. The lowest BCUT2D eigenvalue weighted by Crippen LogP contribution is -2.10. The van der Waals surface area contributed by atoms with Crippen LogP contribution in [0, 0.1) is 0 Å². The Bertz CT molecular complexity index is 727. The average molecular weight is 255 g/mol. The molecule has 96 valence electrons. The monoisotopic (exact) mass is 255 g/mol. The minimum Gasteiger partial charge on any atom is -0.464 e. The van der Waals surface area contributed by atoms with Crippen molar-refractivity contribution in [2.75, 3.05) is 0 Å². The number of fused-ring (bicyclic) bond motifs is 1. The highest BCUT2D eigenvalue weighted by Gasteiger charge is 2.16. The van der Waals surface area contributed by atoms with Crippen LogP contribution in [-0.2, 0) is 13.0 Å². The molecule has 0 unspecified atom stereocenters. The fourth-order valence-corrected chi connectivity index (χ4v) is 2.12. The van der Waals surface area contributed by atoms with E-state index >= 15 is 0 Å². The van der Waals surface area contributed by atoms with Gasteiger partial charge in [-0.3, -0.25) is 4.79 Å². The van der Waals surface area contributed by atoms with Gasteiger partial charge in [-0.1, -0.05) is 18.2 Å². The Labute approximate surface area is 109 Å². The molecule has 0 fully saturated rings. The van der Waals surface area contributed by atoms with Gasteiger partial charge in [0.1, 0.15) is 24.0 Å². The van der Waals surface area contributed by atoms with Crippen LogP contribution < -0.4 is 0 Å². The van der Waals surface area contributed by atoms with E-state index in [-0.39, 0.29) is 12.2 Å². The van der Waals surface area contributed by atoms with Crippen LogP contribution in [0.1, 0.15) is 23.1 Å². The molecule has 0 amide bonds. The molecule has 0 atom stereocenters. The van der Waals surface area contributed by atoms with Gasteiger partial charge in [0.05, 0.1) is 12.0 Å². The van der Waals surface area contributed by atoms with E-state index in [9.17, 15) is 4.79 Å². The van der Waals surface area contributed by atoms with E-state index in [1.54, 1.807) is 4.68 Å². The number of rotatable bonds is 4. The summed E-state index contributed by atoms with van der Waals surface area (Å²) in [7, 11) is 0. The number of benzene rings is 1. The second-order valence-corrected chi connectivity index (χ2v) is 4.24. The first kappa shape index (κ1) is 11.6. The molecule has 2 heterocycles. The Morgan fingerprint density at radius 1 is 1.37 bits per heavy atom. The number of ketones is 1. The van der Waals surface area contributed by atoms with E-state index in [4.69, 9.17) is 4.42 Å². The third-order valence-electron chi connectivity index (χ3n) is 3.10. The van der Waals surface area contributed by atoms with E-state index in [1.165, 1.54) is 12.6 Å². The number of carbonyl (C=O) groups excluding carboxylic acids is 1. The quantitative estimate of drug-likeness (QED) is 0.672. The van der Waals surface area contributed by atoms with Crippen molar-refractivity contribution < 1.29 is 9.21 Å². The van der Waals surface area contributed by atoms with Crippen molar-refractivity contribution in [2.45, 2.75) is 19.9 Å². The van der Waals surface area contributed by atoms with Crippen molar-refractivity contribution in [3.8, 4) is 0 Å². The smallest absolute Gasteiger partial charge is 0.174 e. The zero-order valence-corrected chi connectivity index (χ0v) is 10.5. The standard InChI is InChI=1S/C14H13N3O2/c1-2-17-14(15-9-16-17)7-12(18)11-8-19-13-6-4-3-5-10(11)13/h3-6,8-9H,2,7H2,1H3. The Balaban J connectivity index is 1.92. The van der Waals surface area contributed by atoms with Crippen molar-refractivity contribution in [1.82, 2.24) is 14.8 Å². The molecule has 0 spiro atoms. The molecular formula is C14H13N3O2. The molecule has 2 aromatic heterocycles. The van der Waals surface area contributed by atoms with Gasteiger partial charge in [0, 0.05) is 11.9 Å². The van der Waals surface area contributed by atoms with Gasteiger partial charge in [0.15, 0.2) is 5.78 Å². The summed E-state index contributed by atoms with van der Waals surface area (Å²) in [6.07, 6.45) is 3.22. The molecule has 19 heavy (non-hydrogen) atoms. The molecule has 3 aromatic rings. The van der Waals surface area contributed by atoms with Gasteiger partial charge >= 0.3 is 0 Å². The number of Topliss-reactive ketones (excluding diaryl/α,β-unsaturated/α-hetero) is 1. The largest absolute Gasteiger partial charge is 0.464 e. The highest BCUT2D eigenvalue weighted by atomic mass is 16.3. The minimum absolute atomic E-state index is 0.00681. The van der Waals surface area contributed by atoms with E-state index in [0.717, 1.165) is 11.0 Å². The molecule has 0 bridgehead atoms. The van der Waals surface area contributed by atoms with Crippen molar-refractivity contribution in [3.63, 3.8) is 0 Å². The van der Waals surface area contributed by atoms with E-state index in [0.29, 0.717) is 17.9 Å². The van der Waals surface area contributed by atoms with Gasteiger partial charge in [-0.15, -0.1) is 0 Å². The Kier molecular flexibility index (Phi) is 2.87. The number of carbonyl (C=O) groups is 1. The molecule has 0 radical (unpaired) electrons. The zero-order chi connectivity index (χ0) is 13.2. The first-order chi connectivity index (χ1) is 9.29. The normalized spacial score (nSPS) is 11.0. The summed E-state index contributed by atoms with van der Waals surface area (Å²) < 4.78 is 7.10. The van der Waals surface area contributed by atoms with Crippen LogP contribution in [0.5, 0.6) is 0 Å². The molecule has 5 nitrogen and oxygen atoms in total. The van der Waals surface area contributed by atoms with Crippen molar-refractivity contribution in [3.05, 3.63) is 48.2 Å². The maximum absolute atomic E-state index is 12.3. The summed E-state index contributed by atoms with van der Waals surface area (Å²) >= 11 is 0. The van der Waals surface area contributed by atoms with Gasteiger partial charge < -0.3 is 4.42 Å². The van der Waals surface area contributed by atoms with Crippen LogP contribution in [-0.4, -0.2) is 20.5 Å². The Hall–Kier alpha value is -2.43. The molecule has 0 saturated heterocycles. The van der Waals surface area contributed by atoms with Gasteiger partial charge in [0.2, 0.25) is 0 Å². The first-order valence-electron chi connectivity index (χ1n) is 6.15. The van der Waals surface area contributed by atoms with Crippen LogP contribution >= 0.6 is 0 Å². The van der Waals surface area contributed by atoms with E-state index in [1.807, 2.05) is 31.2 Å². The summed E-state index contributed by atoms with van der Waals surface area (Å²) in [5.74, 6) is 0.672. The molecule has 5 heteroatoms. The van der Waals surface area contributed by atoms with Crippen LogP contribution in [0.25, 0.3) is 11.0 Å². The van der Waals surface area contributed by atoms with Crippen molar-refractivity contribution in [1.29, 1.82) is 0 Å². The van der Waals surface area contributed by atoms with Crippen LogP contribution in [0.3, 0.4) is 0 Å². The van der Waals surface area contributed by atoms with Gasteiger partial charge in [0.25, 0.3) is 0 Å². The number of furan rings is 1. The molecule has 3 rings (SSSR count). The van der Waals surface area contributed by atoms with Crippen LogP contribution in [0.15, 0.2) is 41.3 Å². The predicted octanol–water partition coefficient (Wildman–Crippen LogP) is 2.47.